The molecule has 0 fully saturated rings. The molecule has 1 atom stereocenters. The number of carbonyl (C=O) groups excluding carboxylic acids is 1. The standard InChI is InChI=1S/C16H13ClN2O2/c17-13-4-2-1-3-10(13)11-8-15(20)16(21)19-14-6-5-9(18)7-12(11)14/h1-8,15,20H,18H2,(H,19,21). The first-order valence-corrected chi connectivity index (χ1v) is 6.79. The third-order valence-corrected chi connectivity index (χ3v) is 3.68. The van der Waals surface area contributed by atoms with Crippen LogP contribution in [0.1, 0.15) is 11.1 Å². The highest BCUT2D eigenvalue weighted by molar-refractivity contribution is 6.32. The Bertz CT molecular complexity index is 756. The molecular weight excluding hydrogens is 288 g/mol. The van der Waals surface area contributed by atoms with Gasteiger partial charge in [0.2, 0.25) is 0 Å². The van der Waals surface area contributed by atoms with E-state index in [2.05, 4.69) is 5.32 Å². The molecular formula is C16H13ClN2O2. The van der Waals surface area contributed by atoms with Crippen molar-refractivity contribution in [3.63, 3.8) is 0 Å². The fourth-order valence-corrected chi connectivity index (χ4v) is 2.58. The van der Waals surface area contributed by atoms with Crippen molar-refractivity contribution >= 4 is 34.5 Å². The normalized spacial score (nSPS) is 17.5. The van der Waals surface area contributed by atoms with Gasteiger partial charge in [0.1, 0.15) is 0 Å². The van der Waals surface area contributed by atoms with Crippen LogP contribution in [0.2, 0.25) is 5.02 Å². The fourth-order valence-electron chi connectivity index (χ4n) is 2.34. The van der Waals surface area contributed by atoms with E-state index in [0.717, 1.165) is 11.1 Å². The number of benzene rings is 2. The third-order valence-electron chi connectivity index (χ3n) is 3.35. The van der Waals surface area contributed by atoms with E-state index in [1.54, 1.807) is 24.3 Å². The van der Waals surface area contributed by atoms with Gasteiger partial charge in [-0.25, -0.2) is 0 Å². The van der Waals surface area contributed by atoms with E-state index in [9.17, 15) is 9.90 Å². The number of carbonyl (C=O) groups is 1. The van der Waals surface area contributed by atoms with E-state index in [1.807, 2.05) is 18.2 Å². The minimum Gasteiger partial charge on any atom is -0.399 e. The number of hydrogen-bond acceptors (Lipinski definition) is 3. The Morgan fingerprint density at radius 1 is 1.14 bits per heavy atom. The molecule has 106 valence electrons. The van der Waals surface area contributed by atoms with Crippen LogP contribution < -0.4 is 11.1 Å². The van der Waals surface area contributed by atoms with Crippen LogP contribution >= 0.6 is 11.6 Å². The van der Waals surface area contributed by atoms with Gasteiger partial charge in [-0.2, -0.15) is 0 Å². The number of hydrogen-bond donors (Lipinski definition) is 3. The van der Waals surface area contributed by atoms with Crippen LogP contribution in [0.4, 0.5) is 11.4 Å². The summed E-state index contributed by atoms with van der Waals surface area (Å²) in [7, 11) is 0. The largest absolute Gasteiger partial charge is 0.399 e. The summed E-state index contributed by atoms with van der Waals surface area (Å²) in [5.41, 5.74) is 9.15. The number of aliphatic hydroxyl groups is 1. The first-order valence-electron chi connectivity index (χ1n) is 6.42. The first kappa shape index (κ1) is 13.7. The Balaban J connectivity index is 2.27. The lowest BCUT2D eigenvalue weighted by molar-refractivity contribution is -0.121. The second-order valence-electron chi connectivity index (χ2n) is 4.80. The predicted molar refractivity (Wildman–Crippen MR) is 84.0 cm³/mol. The van der Waals surface area contributed by atoms with Crippen LogP contribution in [0, 0.1) is 0 Å². The number of nitrogens with two attached hydrogens (primary N) is 1. The molecule has 1 unspecified atom stereocenters. The lowest BCUT2D eigenvalue weighted by Crippen LogP contribution is -2.24. The van der Waals surface area contributed by atoms with E-state index in [1.165, 1.54) is 6.08 Å². The van der Waals surface area contributed by atoms with Gasteiger partial charge in [-0.15, -0.1) is 0 Å². The number of halogens is 1. The van der Waals surface area contributed by atoms with Gasteiger partial charge in [0, 0.05) is 27.5 Å². The number of rotatable bonds is 1. The summed E-state index contributed by atoms with van der Waals surface area (Å²) >= 11 is 6.24. The molecule has 4 nitrogen and oxygen atoms in total. The molecule has 0 bridgehead atoms. The van der Waals surface area contributed by atoms with Crippen LogP contribution in [-0.2, 0) is 4.79 Å². The molecule has 0 aromatic heterocycles. The van der Waals surface area contributed by atoms with Gasteiger partial charge in [-0.1, -0.05) is 29.8 Å². The summed E-state index contributed by atoms with van der Waals surface area (Å²) in [4.78, 5) is 11.9. The lowest BCUT2D eigenvalue weighted by Gasteiger charge is -2.13. The molecule has 0 radical (unpaired) electrons. The van der Waals surface area contributed by atoms with Gasteiger partial charge >= 0.3 is 0 Å². The smallest absolute Gasteiger partial charge is 0.257 e. The number of fused-ring (bicyclic) bond motifs is 1. The average molecular weight is 301 g/mol. The fraction of sp³-hybridized carbons (Fsp3) is 0.0625. The van der Waals surface area contributed by atoms with Gasteiger partial charge in [0.25, 0.3) is 5.91 Å². The van der Waals surface area contributed by atoms with E-state index in [0.29, 0.717) is 22.0 Å². The predicted octanol–water partition coefficient (Wildman–Crippen LogP) is 2.67. The topological polar surface area (TPSA) is 75.3 Å². The lowest BCUT2D eigenvalue weighted by atomic mass is 9.95. The van der Waals surface area contributed by atoms with E-state index >= 15 is 0 Å². The number of nitrogens with one attached hydrogen (secondary N) is 1. The van der Waals surface area contributed by atoms with Crippen LogP contribution in [-0.4, -0.2) is 17.1 Å². The zero-order valence-electron chi connectivity index (χ0n) is 11.0. The van der Waals surface area contributed by atoms with Gasteiger partial charge in [-0.05, 0) is 35.9 Å². The molecule has 0 aliphatic carbocycles. The molecule has 0 saturated heterocycles. The van der Waals surface area contributed by atoms with Gasteiger partial charge in [0.15, 0.2) is 6.10 Å². The van der Waals surface area contributed by atoms with Crippen LogP contribution in [0.25, 0.3) is 5.57 Å². The number of aliphatic hydroxyl groups excluding tert-OH is 1. The average Bonchev–Trinajstić information content (AvgIpc) is 2.58. The molecule has 0 spiro atoms. The Labute approximate surface area is 126 Å². The second-order valence-corrected chi connectivity index (χ2v) is 5.21. The van der Waals surface area contributed by atoms with E-state index < -0.39 is 12.0 Å². The molecule has 1 aliphatic heterocycles. The molecule has 1 aliphatic rings. The van der Waals surface area contributed by atoms with E-state index in [4.69, 9.17) is 17.3 Å². The zero-order valence-corrected chi connectivity index (χ0v) is 11.8. The summed E-state index contributed by atoms with van der Waals surface area (Å²) in [6, 6.07) is 12.4. The summed E-state index contributed by atoms with van der Waals surface area (Å²) in [5, 5.41) is 13.2. The van der Waals surface area contributed by atoms with Crippen LogP contribution in [0.5, 0.6) is 0 Å². The van der Waals surface area contributed by atoms with Crippen molar-refractivity contribution in [3.8, 4) is 0 Å². The summed E-state index contributed by atoms with van der Waals surface area (Å²) < 4.78 is 0. The van der Waals surface area contributed by atoms with Crippen molar-refractivity contribution in [2.45, 2.75) is 6.10 Å². The molecule has 2 aromatic carbocycles. The molecule has 5 heteroatoms. The maximum atomic E-state index is 11.9. The highest BCUT2D eigenvalue weighted by Crippen LogP contribution is 2.36. The summed E-state index contributed by atoms with van der Waals surface area (Å²) in [6.45, 7) is 0. The quantitative estimate of drug-likeness (QED) is 0.709. The Morgan fingerprint density at radius 3 is 2.67 bits per heavy atom. The molecule has 1 heterocycles. The molecule has 1 amide bonds. The van der Waals surface area contributed by atoms with Gasteiger partial charge in [0.05, 0.1) is 0 Å². The maximum Gasteiger partial charge on any atom is 0.257 e. The number of anilines is 2. The van der Waals surface area contributed by atoms with Gasteiger partial charge < -0.3 is 16.2 Å². The van der Waals surface area contributed by atoms with Crippen molar-refractivity contribution in [2.24, 2.45) is 0 Å². The third kappa shape index (κ3) is 2.51. The zero-order chi connectivity index (χ0) is 15.0. The minimum absolute atomic E-state index is 0.483. The molecule has 0 saturated carbocycles. The minimum atomic E-state index is -1.25. The highest BCUT2D eigenvalue weighted by atomic mass is 35.5. The highest BCUT2D eigenvalue weighted by Gasteiger charge is 2.23. The Morgan fingerprint density at radius 2 is 1.90 bits per heavy atom. The Kier molecular flexibility index (Phi) is 3.41. The van der Waals surface area contributed by atoms with Crippen molar-refractivity contribution in [2.75, 3.05) is 11.1 Å². The summed E-state index contributed by atoms with van der Waals surface area (Å²) in [6.07, 6.45) is 0.242. The SMILES string of the molecule is Nc1ccc2c(c1)C(c1ccccc1Cl)=CC(O)C(=O)N2. The van der Waals surface area contributed by atoms with Crippen molar-refractivity contribution in [1.82, 2.24) is 0 Å². The molecule has 21 heavy (non-hydrogen) atoms. The maximum absolute atomic E-state index is 11.9. The van der Waals surface area contributed by atoms with Crippen molar-refractivity contribution in [1.29, 1.82) is 0 Å². The molecule has 4 N–H and O–H groups in total. The first-order chi connectivity index (χ1) is 10.1. The van der Waals surface area contributed by atoms with Crippen molar-refractivity contribution < 1.29 is 9.90 Å². The van der Waals surface area contributed by atoms with Crippen LogP contribution in [0.3, 0.4) is 0 Å². The summed E-state index contributed by atoms with van der Waals surface area (Å²) in [5.74, 6) is -0.483. The number of nitrogen functional groups attached to an aromatic ring is 1. The molecule has 3 rings (SSSR count). The second kappa shape index (κ2) is 5.24. The van der Waals surface area contributed by atoms with E-state index in [-0.39, 0.29) is 0 Å². The van der Waals surface area contributed by atoms with Crippen molar-refractivity contribution in [3.05, 3.63) is 64.7 Å². The molecule has 2 aromatic rings. The van der Waals surface area contributed by atoms with Crippen LogP contribution in [0.15, 0.2) is 48.5 Å². The monoisotopic (exact) mass is 300 g/mol. The van der Waals surface area contributed by atoms with Gasteiger partial charge in [-0.3, -0.25) is 4.79 Å². The number of amides is 1. The Hall–Kier alpha value is -2.30.